The first-order chi connectivity index (χ1) is 11.1. The Morgan fingerprint density at radius 2 is 1.91 bits per heavy atom. The Morgan fingerprint density at radius 3 is 2.48 bits per heavy atom. The van der Waals surface area contributed by atoms with Gasteiger partial charge < -0.3 is 15.2 Å². The first kappa shape index (κ1) is 15.1. The molecule has 23 heavy (non-hydrogen) atoms. The number of carbonyl (C=O) groups excluding carboxylic acids is 1. The fraction of sp³-hybridized carbons (Fsp3) is 0.625. The van der Waals surface area contributed by atoms with Crippen LogP contribution < -0.4 is 5.43 Å². The van der Waals surface area contributed by atoms with Crippen LogP contribution in [0.5, 0.6) is 0 Å². The SMILES string of the molecule is CNn1cc(Br)cc1C(=N)N1CC2CCC(C1)N2C(=O)C1CC1. The van der Waals surface area contributed by atoms with E-state index >= 15 is 0 Å². The number of aromatic nitrogens is 1. The normalized spacial score (nSPS) is 26.5. The Kier molecular flexibility index (Phi) is 3.63. The van der Waals surface area contributed by atoms with Gasteiger partial charge in [0.05, 0.1) is 0 Å². The molecule has 2 atom stereocenters. The molecule has 124 valence electrons. The highest BCUT2D eigenvalue weighted by Crippen LogP contribution is 2.38. The van der Waals surface area contributed by atoms with Gasteiger partial charge in [0.25, 0.3) is 0 Å². The smallest absolute Gasteiger partial charge is 0.226 e. The molecule has 6 nitrogen and oxygen atoms in total. The van der Waals surface area contributed by atoms with Gasteiger partial charge in [-0.1, -0.05) is 0 Å². The van der Waals surface area contributed by atoms with Gasteiger partial charge in [0.15, 0.2) is 0 Å². The first-order valence-corrected chi connectivity index (χ1v) is 9.09. The highest BCUT2D eigenvalue weighted by Gasteiger charge is 2.47. The van der Waals surface area contributed by atoms with E-state index in [4.69, 9.17) is 5.41 Å². The average Bonchev–Trinajstić information content (AvgIpc) is 3.27. The molecule has 2 bridgehead atoms. The molecule has 3 fully saturated rings. The summed E-state index contributed by atoms with van der Waals surface area (Å²) in [5.41, 5.74) is 3.93. The summed E-state index contributed by atoms with van der Waals surface area (Å²) in [6, 6.07) is 2.52. The number of hydrogen-bond acceptors (Lipinski definition) is 3. The van der Waals surface area contributed by atoms with Gasteiger partial charge in [0.2, 0.25) is 5.91 Å². The molecule has 4 rings (SSSR count). The third kappa shape index (κ3) is 2.55. The van der Waals surface area contributed by atoms with Crippen LogP contribution in [-0.2, 0) is 4.79 Å². The van der Waals surface area contributed by atoms with E-state index in [0.29, 0.717) is 17.7 Å². The van der Waals surface area contributed by atoms with Crippen LogP contribution in [0.25, 0.3) is 0 Å². The second kappa shape index (κ2) is 5.54. The molecule has 1 aromatic heterocycles. The van der Waals surface area contributed by atoms with Crippen molar-refractivity contribution >= 4 is 27.7 Å². The minimum atomic E-state index is 0.281. The Hall–Kier alpha value is -1.50. The van der Waals surface area contributed by atoms with E-state index in [1.165, 1.54) is 0 Å². The molecule has 1 amide bonds. The predicted molar refractivity (Wildman–Crippen MR) is 92.2 cm³/mol. The third-order valence-electron chi connectivity index (χ3n) is 5.25. The maximum atomic E-state index is 12.5. The van der Waals surface area contributed by atoms with Gasteiger partial charge in [0, 0.05) is 48.8 Å². The van der Waals surface area contributed by atoms with Crippen molar-refractivity contribution in [3.63, 3.8) is 0 Å². The van der Waals surface area contributed by atoms with Crippen molar-refractivity contribution in [3.8, 4) is 0 Å². The molecule has 2 aliphatic heterocycles. The lowest BCUT2D eigenvalue weighted by molar-refractivity contribution is -0.137. The van der Waals surface area contributed by atoms with Crippen LogP contribution in [-0.4, -0.2) is 58.4 Å². The number of hydrogen-bond donors (Lipinski definition) is 2. The van der Waals surface area contributed by atoms with Crippen molar-refractivity contribution in [2.45, 2.75) is 37.8 Å². The van der Waals surface area contributed by atoms with E-state index in [2.05, 4.69) is 31.2 Å². The lowest BCUT2D eigenvalue weighted by Gasteiger charge is -2.42. The zero-order valence-electron chi connectivity index (χ0n) is 13.3. The second-order valence-electron chi connectivity index (χ2n) is 6.80. The molecule has 0 spiro atoms. The van der Waals surface area contributed by atoms with E-state index < -0.39 is 0 Å². The number of nitrogens with zero attached hydrogens (tertiary/aromatic N) is 3. The van der Waals surface area contributed by atoms with Gasteiger partial charge in [-0.25, -0.2) is 0 Å². The van der Waals surface area contributed by atoms with E-state index in [0.717, 1.165) is 48.9 Å². The summed E-state index contributed by atoms with van der Waals surface area (Å²) in [6.07, 6.45) is 6.20. The molecule has 0 radical (unpaired) electrons. The van der Waals surface area contributed by atoms with E-state index in [9.17, 15) is 4.79 Å². The Labute approximate surface area is 144 Å². The summed E-state index contributed by atoms with van der Waals surface area (Å²) in [5.74, 6) is 1.19. The maximum Gasteiger partial charge on any atom is 0.226 e. The molecular weight excluding hydrogens is 358 g/mol. The Balaban J connectivity index is 1.52. The van der Waals surface area contributed by atoms with Crippen LogP contribution in [0.1, 0.15) is 31.4 Å². The van der Waals surface area contributed by atoms with Gasteiger partial charge in [-0.15, -0.1) is 0 Å². The van der Waals surface area contributed by atoms with Crippen molar-refractivity contribution in [1.82, 2.24) is 14.5 Å². The highest BCUT2D eigenvalue weighted by molar-refractivity contribution is 9.10. The number of amides is 1. The minimum absolute atomic E-state index is 0.281. The summed E-state index contributed by atoms with van der Waals surface area (Å²) in [7, 11) is 1.85. The summed E-state index contributed by atoms with van der Waals surface area (Å²) in [6.45, 7) is 1.56. The molecule has 0 aromatic carbocycles. The summed E-state index contributed by atoms with van der Waals surface area (Å²) >= 11 is 3.47. The summed E-state index contributed by atoms with van der Waals surface area (Å²) in [5, 5.41) is 8.60. The largest absolute Gasteiger partial charge is 0.351 e. The number of nitrogens with one attached hydrogen (secondary N) is 2. The first-order valence-electron chi connectivity index (χ1n) is 8.30. The molecule has 2 N–H and O–H groups in total. The van der Waals surface area contributed by atoms with Crippen molar-refractivity contribution in [2.24, 2.45) is 5.92 Å². The lowest BCUT2D eigenvalue weighted by Crippen LogP contribution is -2.57. The molecule has 3 aliphatic rings. The fourth-order valence-corrected chi connectivity index (χ4v) is 4.37. The van der Waals surface area contributed by atoms with Crippen LogP contribution in [0.2, 0.25) is 0 Å². The van der Waals surface area contributed by atoms with Crippen LogP contribution in [0.15, 0.2) is 16.7 Å². The number of halogens is 1. The van der Waals surface area contributed by atoms with Gasteiger partial charge in [0.1, 0.15) is 11.5 Å². The highest BCUT2D eigenvalue weighted by atomic mass is 79.9. The quantitative estimate of drug-likeness (QED) is 0.621. The summed E-state index contributed by atoms with van der Waals surface area (Å²) in [4.78, 5) is 16.8. The minimum Gasteiger partial charge on any atom is -0.351 e. The molecule has 1 aromatic rings. The van der Waals surface area contributed by atoms with Crippen LogP contribution in [0.4, 0.5) is 0 Å². The standard InChI is InChI=1S/C16H22BrN5O/c1-19-21-7-11(17)6-14(21)15(18)20-8-12-4-5-13(9-20)22(12)16(23)10-2-3-10/h6-7,10,12-13,18-19H,2-5,8-9H2,1H3. The third-order valence-corrected chi connectivity index (χ3v) is 5.68. The number of likely N-dealkylation sites (tertiary alicyclic amines) is 1. The number of fused-ring (bicyclic) bond motifs is 2. The lowest BCUT2D eigenvalue weighted by atomic mass is 10.1. The second-order valence-corrected chi connectivity index (χ2v) is 7.71. The van der Waals surface area contributed by atoms with E-state index in [-0.39, 0.29) is 12.1 Å². The number of amidine groups is 1. The molecule has 2 saturated heterocycles. The Bertz CT molecular complexity index is 639. The average molecular weight is 380 g/mol. The van der Waals surface area contributed by atoms with Crippen LogP contribution >= 0.6 is 15.9 Å². The van der Waals surface area contributed by atoms with Crippen LogP contribution in [0.3, 0.4) is 0 Å². The zero-order valence-corrected chi connectivity index (χ0v) is 14.8. The summed E-state index contributed by atoms with van der Waals surface area (Å²) < 4.78 is 2.81. The monoisotopic (exact) mass is 379 g/mol. The maximum absolute atomic E-state index is 12.5. The molecule has 1 aliphatic carbocycles. The molecule has 3 heterocycles. The predicted octanol–water partition coefficient (Wildman–Crippen LogP) is 1.83. The van der Waals surface area contributed by atoms with Crippen molar-refractivity contribution in [3.05, 3.63) is 22.4 Å². The van der Waals surface area contributed by atoms with Crippen molar-refractivity contribution in [1.29, 1.82) is 5.41 Å². The Morgan fingerprint density at radius 1 is 1.26 bits per heavy atom. The van der Waals surface area contributed by atoms with Gasteiger partial charge >= 0.3 is 0 Å². The van der Waals surface area contributed by atoms with Crippen molar-refractivity contribution in [2.75, 3.05) is 25.6 Å². The fourth-order valence-electron chi connectivity index (χ4n) is 3.95. The van der Waals surface area contributed by atoms with E-state index in [1.807, 2.05) is 24.0 Å². The topological polar surface area (TPSA) is 64.4 Å². The van der Waals surface area contributed by atoms with Gasteiger partial charge in [-0.3, -0.25) is 14.9 Å². The molecule has 1 saturated carbocycles. The van der Waals surface area contributed by atoms with Crippen molar-refractivity contribution < 1.29 is 4.79 Å². The van der Waals surface area contributed by atoms with Crippen LogP contribution in [0, 0.1) is 11.3 Å². The number of carbonyl (C=O) groups is 1. The van der Waals surface area contributed by atoms with Gasteiger partial charge in [-0.2, -0.15) is 0 Å². The molecule has 7 heteroatoms. The molecule has 2 unspecified atom stereocenters. The molecular formula is C16H22BrN5O. The van der Waals surface area contributed by atoms with Gasteiger partial charge in [-0.05, 0) is 47.7 Å². The number of piperazine rings is 1. The van der Waals surface area contributed by atoms with E-state index in [1.54, 1.807) is 0 Å². The zero-order chi connectivity index (χ0) is 16.1. The number of rotatable bonds is 3.